The fourth-order valence-corrected chi connectivity index (χ4v) is 4.57. The number of alkyl halides is 2. The highest BCUT2D eigenvalue weighted by Gasteiger charge is 2.19. The maximum Gasteiger partial charge on any atom is 0.257 e. The summed E-state index contributed by atoms with van der Waals surface area (Å²) in [5.74, 6) is -3.13. The number of carbonyl (C=O) groups is 1. The number of nitrogens with two attached hydrogens (primary N) is 1. The van der Waals surface area contributed by atoms with Gasteiger partial charge in [0, 0.05) is 44.6 Å². The maximum absolute atomic E-state index is 12.9. The number of aldehydes is 1. The molecule has 4 rings (SSSR count). The van der Waals surface area contributed by atoms with Gasteiger partial charge in [0.1, 0.15) is 12.1 Å². The number of hydrogen-bond donors (Lipinski definition) is 3. The molecule has 0 radical (unpaired) electrons. The number of anilines is 1. The van der Waals surface area contributed by atoms with E-state index in [9.17, 15) is 18.0 Å². The number of ether oxygens (including phenoxy) is 1. The first kappa shape index (κ1) is 35.5. The predicted octanol–water partition coefficient (Wildman–Crippen LogP) is 6.36. The SMILES string of the molecule is CC(F)(F)CN.CNc1cccc(C)c1CC[C@@H]1CN[C@H](C)CO1.N#Cc1cccc([C@@H](CC=O)c2ccc(F)cc2)c1. The Morgan fingerprint density at radius 3 is 2.40 bits per heavy atom. The van der Waals surface area contributed by atoms with Gasteiger partial charge in [-0.05, 0) is 79.3 Å². The molecular formula is C34H43F3N4O2. The van der Waals surface area contributed by atoms with Crippen molar-refractivity contribution in [1.82, 2.24) is 5.32 Å². The molecule has 0 unspecified atom stereocenters. The molecule has 6 nitrogen and oxygen atoms in total. The van der Waals surface area contributed by atoms with E-state index in [1.807, 2.05) is 13.1 Å². The van der Waals surface area contributed by atoms with Crippen molar-refractivity contribution < 1.29 is 22.7 Å². The molecule has 1 saturated heterocycles. The predicted molar refractivity (Wildman–Crippen MR) is 166 cm³/mol. The lowest BCUT2D eigenvalue weighted by Gasteiger charge is -2.28. The molecule has 9 heteroatoms. The Morgan fingerprint density at radius 1 is 1.16 bits per heavy atom. The van der Waals surface area contributed by atoms with Crippen molar-refractivity contribution >= 4 is 12.0 Å². The minimum Gasteiger partial charge on any atom is -0.388 e. The van der Waals surface area contributed by atoms with Gasteiger partial charge in [0.15, 0.2) is 0 Å². The molecule has 0 spiro atoms. The number of rotatable bonds is 9. The summed E-state index contributed by atoms with van der Waals surface area (Å²) in [4.78, 5) is 10.8. The molecule has 0 saturated carbocycles. The Kier molecular flexibility index (Phi) is 14.9. The highest BCUT2D eigenvalue weighted by molar-refractivity contribution is 5.55. The largest absolute Gasteiger partial charge is 0.388 e. The molecule has 232 valence electrons. The molecule has 0 amide bonds. The Balaban J connectivity index is 0.000000254. The summed E-state index contributed by atoms with van der Waals surface area (Å²) >= 11 is 0. The topological polar surface area (TPSA) is 100 Å². The number of aryl methyl sites for hydroxylation is 1. The Bertz CT molecular complexity index is 1300. The number of nitrogens with zero attached hydrogens (tertiary/aromatic N) is 1. The lowest BCUT2D eigenvalue weighted by Crippen LogP contribution is -2.44. The van der Waals surface area contributed by atoms with Crippen LogP contribution in [0.3, 0.4) is 0 Å². The molecule has 4 N–H and O–H groups in total. The van der Waals surface area contributed by atoms with E-state index in [1.165, 1.54) is 28.9 Å². The molecule has 43 heavy (non-hydrogen) atoms. The van der Waals surface area contributed by atoms with Gasteiger partial charge >= 0.3 is 0 Å². The molecule has 3 aromatic rings. The highest BCUT2D eigenvalue weighted by Crippen LogP contribution is 2.28. The standard InChI is InChI=1S/C16H12FNO.C15H24N2O.C3H7F2N/c17-15-6-4-13(5-7-15)16(8-9-19)14-3-1-2-12(10-14)11-18;1-11-5-4-6-15(16-3)14(11)8-7-13-9-17-12(2)10-18-13;1-3(4,5)2-6/h1-7,9-10,16H,8H2;4-6,12-13,16-17H,7-10H2,1-3H3;2,6H2,1H3/t16-;12-,13-;/m01./s1. The van der Waals surface area contributed by atoms with Crippen LogP contribution in [0.1, 0.15) is 60.4 Å². The van der Waals surface area contributed by atoms with Gasteiger partial charge < -0.3 is 25.9 Å². The van der Waals surface area contributed by atoms with Crippen LogP contribution in [0.15, 0.2) is 66.7 Å². The zero-order valence-electron chi connectivity index (χ0n) is 25.4. The van der Waals surface area contributed by atoms with Crippen molar-refractivity contribution in [3.8, 4) is 6.07 Å². The van der Waals surface area contributed by atoms with Gasteiger partial charge in [-0.1, -0.05) is 36.4 Å². The molecular weight excluding hydrogens is 553 g/mol. The smallest absolute Gasteiger partial charge is 0.257 e. The van der Waals surface area contributed by atoms with Crippen LogP contribution in [-0.4, -0.2) is 51.1 Å². The van der Waals surface area contributed by atoms with E-state index in [-0.39, 0.29) is 11.7 Å². The quantitative estimate of drug-likeness (QED) is 0.249. The zero-order chi connectivity index (χ0) is 31.8. The second-order valence-electron chi connectivity index (χ2n) is 10.7. The molecule has 0 aliphatic carbocycles. The minimum atomic E-state index is -2.68. The van der Waals surface area contributed by atoms with E-state index >= 15 is 0 Å². The molecule has 1 aliphatic rings. The van der Waals surface area contributed by atoms with Gasteiger partial charge in [0.05, 0.1) is 30.9 Å². The van der Waals surface area contributed by atoms with Gasteiger partial charge in [-0.2, -0.15) is 5.26 Å². The first-order valence-electron chi connectivity index (χ1n) is 14.4. The Morgan fingerprint density at radius 2 is 1.84 bits per heavy atom. The fraction of sp³-hybridized carbons (Fsp3) is 0.412. The third-order valence-corrected chi connectivity index (χ3v) is 7.05. The van der Waals surface area contributed by atoms with Crippen LogP contribution in [0.4, 0.5) is 18.9 Å². The summed E-state index contributed by atoms with van der Waals surface area (Å²) in [6, 6.07) is 22.2. The van der Waals surface area contributed by atoms with Crippen molar-refractivity contribution in [3.05, 3.63) is 100 Å². The lowest BCUT2D eigenvalue weighted by atomic mass is 9.88. The average molecular weight is 597 g/mol. The van der Waals surface area contributed by atoms with Crippen LogP contribution >= 0.6 is 0 Å². The first-order chi connectivity index (χ1) is 20.5. The summed E-state index contributed by atoms with van der Waals surface area (Å²) in [7, 11) is 1.98. The van der Waals surface area contributed by atoms with E-state index in [2.05, 4.69) is 54.5 Å². The number of hydrogen-bond acceptors (Lipinski definition) is 6. The molecule has 1 heterocycles. The maximum atomic E-state index is 12.9. The van der Waals surface area contributed by atoms with Crippen molar-refractivity contribution in [1.29, 1.82) is 5.26 Å². The number of carbonyl (C=O) groups excluding carboxylic acids is 1. The Hall–Kier alpha value is -3.71. The summed E-state index contributed by atoms with van der Waals surface area (Å²) in [6.45, 7) is 6.37. The Labute approximate surface area is 253 Å². The van der Waals surface area contributed by atoms with Crippen molar-refractivity contribution in [2.75, 3.05) is 32.1 Å². The summed E-state index contributed by atoms with van der Waals surface area (Å²) < 4.78 is 41.4. The number of nitrogens with one attached hydrogen (secondary N) is 2. The summed E-state index contributed by atoms with van der Waals surface area (Å²) in [6.07, 6.45) is 3.65. The second-order valence-corrected chi connectivity index (χ2v) is 10.7. The number of benzene rings is 3. The number of nitriles is 1. The molecule has 1 fully saturated rings. The molecule has 1 aliphatic heterocycles. The minimum absolute atomic E-state index is 0.147. The van der Waals surface area contributed by atoms with Crippen LogP contribution in [-0.2, 0) is 16.0 Å². The first-order valence-corrected chi connectivity index (χ1v) is 14.4. The normalized spacial score (nSPS) is 16.8. The monoisotopic (exact) mass is 596 g/mol. The second kappa shape index (κ2) is 18.1. The van der Waals surface area contributed by atoms with Crippen LogP contribution < -0.4 is 16.4 Å². The zero-order valence-corrected chi connectivity index (χ0v) is 25.4. The molecule has 3 atom stereocenters. The van der Waals surface area contributed by atoms with Crippen molar-refractivity contribution in [3.63, 3.8) is 0 Å². The molecule has 3 aromatic carbocycles. The molecule has 0 bridgehead atoms. The van der Waals surface area contributed by atoms with E-state index in [0.29, 0.717) is 24.1 Å². The highest BCUT2D eigenvalue weighted by atomic mass is 19.3. The average Bonchev–Trinajstić information content (AvgIpc) is 3.01. The van der Waals surface area contributed by atoms with Gasteiger partial charge in [0.2, 0.25) is 0 Å². The van der Waals surface area contributed by atoms with Crippen LogP contribution in [0.25, 0.3) is 0 Å². The van der Waals surface area contributed by atoms with E-state index < -0.39 is 12.5 Å². The van der Waals surface area contributed by atoms with Crippen molar-refractivity contribution in [2.45, 2.75) is 64.0 Å². The fourth-order valence-electron chi connectivity index (χ4n) is 4.57. The van der Waals surface area contributed by atoms with Gasteiger partial charge in [-0.3, -0.25) is 0 Å². The third-order valence-electron chi connectivity index (χ3n) is 7.05. The van der Waals surface area contributed by atoms with Crippen LogP contribution in [0.5, 0.6) is 0 Å². The molecule has 0 aromatic heterocycles. The van der Waals surface area contributed by atoms with Crippen LogP contribution in [0, 0.1) is 24.1 Å². The third kappa shape index (κ3) is 12.6. The summed E-state index contributed by atoms with van der Waals surface area (Å²) in [5.41, 5.74) is 10.9. The van der Waals surface area contributed by atoms with Gasteiger partial charge in [0.25, 0.3) is 5.92 Å². The summed E-state index contributed by atoms with van der Waals surface area (Å²) in [5, 5.41) is 15.7. The van der Waals surface area contributed by atoms with E-state index in [1.54, 1.807) is 30.3 Å². The number of halogens is 3. The van der Waals surface area contributed by atoms with E-state index in [0.717, 1.165) is 50.3 Å². The van der Waals surface area contributed by atoms with Crippen LogP contribution in [0.2, 0.25) is 0 Å². The van der Waals surface area contributed by atoms with E-state index in [4.69, 9.17) is 10.00 Å². The van der Waals surface area contributed by atoms with Crippen molar-refractivity contribution in [2.24, 2.45) is 5.73 Å². The lowest BCUT2D eigenvalue weighted by molar-refractivity contribution is -0.108. The van der Waals surface area contributed by atoms with Gasteiger partial charge in [-0.15, -0.1) is 0 Å². The van der Waals surface area contributed by atoms with Gasteiger partial charge in [-0.25, -0.2) is 13.2 Å². The number of morpholine rings is 1.